The van der Waals surface area contributed by atoms with Crippen LogP contribution >= 0.6 is 0 Å². The van der Waals surface area contributed by atoms with Crippen molar-refractivity contribution in [2.24, 2.45) is 18.8 Å². The number of nitrogens with zero attached hydrogens (tertiary/aromatic N) is 5. The van der Waals surface area contributed by atoms with Crippen LogP contribution in [-0.4, -0.2) is 37.2 Å². The molecule has 0 saturated carbocycles. The first-order chi connectivity index (χ1) is 18.0. The van der Waals surface area contributed by atoms with E-state index in [1.807, 2.05) is 4.52 Å². The molecule has 1 aliphatic rings. The summed E-state index contributed by atoms with van der Waals surface area (Å²) in [5, 5.41) is 8.08. The summed E-state index contributed by atoms with van der Waals surface area (Å²) >= 11 is 0. The fraction of sp³-hybridized carbons (Fsp3) is 0.414. The number of allylic oxidation sites excluding steroid dienone is 4. The van der Waals surface area contributed by atoms with E-state index < -0.39 is 0 Å². The van der Waals surface area contributed by atoms with E-state index in [9.17, 15) is 0 Å². The van der Waals surface area contributed by atoms with Crippen LogP contribution in [0.2, 0.25) is 0 Å². The van der Waals surface area contributed by atoms with Crippen LogP contribution in [-0.2, 0) is 13.5 Å². The molecule has 0 unspecified atom stereocenters. The largest absolute Gasteiger partial charge is 0.331 e. The van der Waals surface area contributed by atoms with Gasteiger partial charge >= 0.3 is 0 Å². The molecule has 37 heavy (non-hydrogen) atoms. The molecule has 194 valence electrons. The van der Waals surface area contributed by atoms with Gasteiger partial charge in [-0.25, -0.2) is 20.3 Å². The zero-order chi connectivity index (χ0) is 25.9. The summed E-state index contributed by atoms with van der Waals surface area (Å²) in [5.41, 5.74) is 10.5. The van der Waals surface area contributed by atoms with E-state index >= 15 is 0 Å². The Labute approximate surface area is 218 Å². The minimum Gasteiger partial charge on any atom is -0.331 e. The number of hydrogen-bond acceptors (Lipinski definition) is 6. The lowest BCUT2D eigenvalue weighted by Gasteiger charge is -2.22. The summed E-state index contributed by atoms with van der Waals surface area (Å²) in [4.78, 5) is 9.44. The van der Waals surface area contributed by atoms with Gasteiger partial charge in [-0.05, 0) is 69.0 Å². The maximum absolute atomic E-state index is 5.88. The van der Waals surface area contributed by atoms with Gasteiger partial charge in [-0.15, -0.1) is 0 Å². The Morgan fingerprint density at radius 3 is 2.81 bits per heavy atom. The third kappa shape index (κ3) is 5.17. The van der Waals surface area contributed by atoms with Gasteiger partial charge in [-0.1, -0.05) is 43.7 Å². The number of fused-ring (bicyclic) bond motifs is 2. The molecule has 0 radical (unpaired) electrons. The number of nitrogens with two attached hydrogens (primary N) is 1. The zero-order valence-corrected chi connectivity index (χ0v) is 22.3. The Hall–Kier alpha value is -3.49. The topological polar surface area (TPSA) is 98.1 Å². The van der Waals surface area contributed by atoms with Crippen LogP contribution in [0.5, 0.6) is 0 Å². The SMILES string of the molecule is C/C(=C\C/C=C\C(C)C)Cc1nc2cc(-c3cc(C4CCNCC4)n4ncnc(NN)c34)ccc2n1C. The molecule has 3 aromatic heterocycles. The first-order valence-electron chi connectivity index (χ1n) is 13.3. The molecule has 1 aromatic carbocycles. The van der Waals surface area contributed by atoms with Crippen molar-refractivity contribution in [2.45, 2.75) is 52.4 Å². The maximum atomic E-state index is 5.88. The summed E-state index contributed by atoms with van der Waals surface area (Å²) in [7, 11) is 2.10. The Kier molecular flexibility index (Phi) is 7.39. The zero-order valence-electron chi connectivity index (χ0n) is 22.3. The fourth-order valence-electron chi connectivity index (χ4n) is 5.32. The van der Waals surface area contributed by atoms with Crippen molar-refractivity contribution in [3.05, 3.63) is 65.9 Å². The third-order valence-corrected chi connectivity index (χ3v) is 7.32. The van der Waals surface area contributed by atoms with Gasteiger partial charge in [0.2, 0.25) is 0 Å². The van der Waals surface area contributed by atoms with Crippen molar-refractivity contribution in [1.29, 1.82) is 0 Å². The molecule has 0 spiro atoms. The number of nitrogen functional groups attached to an aromatic ring is 1. The minimum absolute atomic E-state index is 0.443. The average molecular weight is 499 g/mol. The molecular weight excluding hydrogens is 460 g/mol. The molecule has 0 atom stereocenters. The number of aryl methyl sites for hydroxylation is 1. The van der Waals surface area contributed by atoms with Crippen molar-refractivity contribution in [3.63, 3.8) is 0 Å². The number of nitrogens with one attached hydrogen (secondary N) is 2. The second kappa shape index (κ2) is 10.9. The first-order valence-corrected chi connectivity index (χ1v) is 13.3. The number of hydrogen-bond donors (Lipinski definition) is 3. The number of anilines is 1. The van der Waals surface area contributed by atoms with Crippen LogP contribution in [0.25, 0.3) is 27.7 Å². The van der Waals surface area contributed by atoms with Crippen molar-refractivity contribution in [1.82, 2.24) is 29.5 Å². The van der Waals surface area contributed by atoms with Crippen molar-refractivity contribution >= 4 is 22.4 Å². The van der Waals surface area contributed by atoms with Gasteiger partial charge < -0.3 is 15.3 Å². The van der Waals surface area contributed by atoms with E-state index in [2.05, 4.69) is 95.7 Å². The van der Waals surface area contributed by atoms with Gasteiger partial charge in [0.25, 0.3) is 0 Å². The number of hydrazine groups is 1. The molecule has 1 aliphatic heterocycles. The van der Waals surface area contributed by atoms with Crippen LogP contribution in [0.4, 0.5) is 5.82 Å². The predicted octanol–water partition coefficient (Wildman–Crippen LogP) is 5.13. The molecule has 1 saturated heterocycles. The van der Waals surface area contributed by atoms with Crippen molar-refractivity contribution in [2.75, 3.05) is 18.5 Å². The smallest absolute Gasteiger partial charge is 0.168 e. The standard InChI is InChI=1S/C29H38N8/c1-19(2)7-5-6-8-20(3)15-27-34-24-16-22(9-10-25(24)36(27)4)23-17-26(21-11-13-31-14-12-21)37-28(23)29(35-30)32-18-33-37/h5,7-10,16-19,21,31H,6,11-15,30H2,1-4H3,(H,32,33,35)/b7-5-,20-8+. The highest BCUT2D eigenvalue weighted by Gasteiger charge is 2.24. The Morgan fingerprint density at radius 2 is 2.05 bits per heavy atom. The van der Waals surface area contributed by atoms with Gasteiger partial charge in [0.1, 0.15) is 17.7 Å². The molecular formula is C29H38N8. The van der Waals surface area contributed by atoms with Gasteiger partial charge in [0.05, 0.1) is 11.0 Å². The fourth-order valence-corrected chi connectivity index (χ4v) is 5.32. The Bertz CT molecular complexity index is 1450. The summed E-state index contributed by atoms with van der Waals surface area (Å²) in [6.45, 7) is 8.62. The third-order valence-electron chi connectivity index (χ3n) is 7.32. The highest BCUT2D eigenvalue weighted by Crippen LogP contribution is 2.37. The molecule has 4 heterocycles. The minimum atomic E-state index is 0.443. The molecule has 5 rings (SSSR count). The summed E-state index contributed by atoms with van der Waals surface area (Å²) in [6, 6.07) is 8.78. The van der Waals surface area contributed by atoms with Crippen LogP contribution in [0.15, 0.2) is 54.4 Å². The average Bonchev–Trinajstić information content (AvgIpc) is 3.44. The molecule has 1 fully saturated rings. The van der Waals surface area contributed by atoms with Gasteiger partial charge in [-0.2, -0.15) is 5.10 Å². The van der Waals surface area contributed by atoms with Gasteiger partial charge in [0, 0.05) is 30.6 Å². The molecule has 8 nitrogen and oxygen atoms in total. The summed E-state index contributed by atoms with van der Waals surface area (Å²) < 4.78 is 4.22. The predicted molar refractivity (Wildman–Crippen MR) is 151 cm³/mol. The van der Waals surface area contributed by atoms with Crippen LogP contribution in [0, 0.1) is 5.92 Å². The number of imidazole rings is 1. The highest BCUT2D eigenvalue weighted by atomic mass is 15.3. The van der Waals surface area contributed by atoms with Gasteiger partial charge in [-0.3, -0.25) is 0 Å². The van der Waals surface area contributed by atoms with E-state index in [-0.39, 0.29) is 0 Å². The lowest BCUT2D eigenvalue weighted by molar-refractivity contribution is 0.448. The van der Waals surface area contributed by atoms with E-state index in [1.165, 1.54) is 11.3 Å². The molecule has 0 aliphatic carbocycles. The van der Waals surface area contributed by atoms with Crippen molar-refractivity contribution < 1.29 is 0 Å². The highest BCUT2D eigenvalue weighted by molar-refractivity contribution is 5.92. The number of rotatable bonds is 8. The Balaban J connectivity index is 1.51. The number of aromatic nitrogens is 5. The van der Waals surface area contributed by atoms with E-state index in [4.69, 9.17) is 10.8 Å². The molecule has 0 bridgehead atoms. The quantitative estimate of drug-likeness (QED) is 0.177. The number of benzene rings is 1. The lowest BCUT2D eigenvalue weighted by atomic mass is 9.94. The van der Waals surface area contributed by atoms with Crippen LogP contribution in [0.1, 0.15) is 57.5 Å². The van der Waals surface area contributed by atoms with Crippen LogP contribution in [0.3, 0.4) is 0 Å². The molecule has 8 heteroatoms. The first kappa shape index (κ1) is 25.2. The van der Waals surface area contributed by atoms with E-state index in [0.717, 1.165) is 72.3 Å². The lowest BCUT2D eigenvalue weighted by Crippen LogP contribution is -2.27. The van der Waals surface area contributed by atoms with E-state index in [0.29, 0.717) is 17.7 Å². The molecule has 0 amide bonds. The van der Waals surface area contributed by atoms with Gasteiger partial charge in [0.15, 0.2) is 5.82 Å². The number of piperidine rings is 1. The van der Waals surface area contributed by atoms with Crippen LogP contribution < -0.4 is 16.6 Å². The second-order valence-electron chi connectivity index (χ2n) is 10.4. The van der Waals surface area contributed by atoms with Crippen molar-refractivity contribution in [3.8, 4) is 11.1 Å². The maximum Gasteiger partial charge on any atom is 0.168 e. The second-order valence-corrected chi connectivity index (χ2v) is 10.4. The normalized spacial score (nSPS) is 15.6. The summed E-state index contributed by atoms with van der Waals surface area (Å²) in [5.74, 6) is 8.60. The monoisotopic (exact) mass is 498 g/mol. The van der Waals surface area contributed by atoms with E-state index in [1.54, 1.807) is 6.33 Å². The molecule has 4 N–H and O–H groups in total. The summed E-state index contributed by atoms with van der Waals surface area (Å²) in [6.07, 6.45) is 12.3. The molecule has 4 aromatic rings. The Morgan fingerprint density at radius 1 is 1.24 bits per heavy atom.